The summed E-state index contributed by atoms with van der Waals surface area (Å²) in [4.78, 5) is 14.1. The standard InChI is InChI=1S/C9H12ClNO2/c1-9(2,3)13-8(12)7-4-6(10)5-11-7/h4-5,11H,1-3H3. The topological polar surface area (TPSA) is 42.1 Å². The smallest absolute Gasteiger partial charge is 0.355 e. The number of H-pyrrole nitrogens is 1. The highest BCUT2D eigenvalue weighted by molar-refractivity contribution is 6.30. The van der Waals surface area contributed by atoms with Crippen LogP contribution in [0.3, 0.4) is 0 Å². The minimum absolute atomic E-state index is 0.375. The van der Waals surface area contributed by atoms with E-state index in [2.05, 4.69) is 4.98 Å². The van der Waals surface area contributed by atoms with Crippen molar-refractivity contribution in [1.82, 2.24) is 4.98 Å². The Kier molecular flexibility index (Phi) is 2.66. The zero-order valence-corrected chi connectivity index (χ0v) is 8.61. The van der Waals surface area contributed by atoms with Gasteiger partial charge in [0.15, 0.2) is 0 Å². The largest absolute Gasteiger partial charge is 0.455 e. The van der Waals surface area contributed by atoms with Gasteiger partial charge in [-0.15, -0.1) is 0 Å². The number of carbonyl (C=O) groups excluding carboxylic acids is 1. The van der Waals surface area contributed by atoms with Crippen molar-refractivity contribution < 1.29 is 9.53 Å². The number of aromatic nitrogens is 1. The molecule has 1 aromatic heterocycles. The summed E-state index contributed by atoms with van der Waals surface area (Å²) in [6.07, 6.45) is 1.54. The summed E-state index contributed by atoms with van der Waals surface area (Å²) in [6.45, 7) is 5.44. The lowest BCUT2D eigenvalue weighted by Crippen LogP contribution is -2.24. The number of halogens is 1. The fraction of sp³-hybridized carbons (Fsp3) is 0.444. The number of nitrogens with one attached hydrogen (secondary N) is 1. The molecule has 0 saturated heterocycles. The monoisotopic (exact) mass is 201 g/mol. The third-order valence-electron chi connectivity index (χ3n) is 1.27. The molecular formula is C9H12ClNO2. The second kappa shape index (κ2) is 3.42. The fourth-order valence-corrected chi connectivity index (χ4v) is 0.983. The number of carbonyl (C=O) groups is 1. The highest BCUT2D eigenvalue weighted by Crippen LogP contribution is 2.14. The van der Waals surface area contributed by atoms with E-state index in [4.69, 9.17) is 16.3 Å². The number of esters is 1. The first-order chi connectivity index (χ1) is 5.88. The molecule has 0 saturated carbocycles. The molecule has 0 aliphatic carbocycles. The normalized spacial score (nSPS) is 11.4. The molecule has 0 unspecified atom stereocenters. The Hall–Kier alpha value is -0.960. The number of ether oxygens (including phenoxy) is 1. The average Bonchev–Trinajstić information content (AvgIpc) is 2.31. The first-order valence-corrected chi connectivity index (χ1v) is 4.33. The number of hydrogen-bond acceptors (Lipinski definition) is 2. The van der Waals surface area contributed by atoms with Gasteiger partial charge in [0.1, 0.15) is 11.3 Å². The van der Waals surface area contributed by atoms with Gasteiger partial charge in [0.2, 0.25) is 0 Å². The molecular weight excluding hydrogens is 190 g/mol. The fourth-order valence-electron chi connectivity index (χ4n) is 0.819. The molecule has 72 valence electrons. The third kappa shape index (κ3) is 3.11. The molecule has 0 spiro atoms. The lowest BCUT2D eigenvalue weighted by Gasteiger charge is -2.18. The van der Waals surface area contributed by atoms with E-state index in [0.717, 1.165) is 0 Å². The highest BCUT2D eigenvalue weighted by Gasteiger charge is 2.18. The quantitative estimate of drug-likeness (QED) is 0.710. The van der Waals surface area contributed by atoms with E-state index in [1.807, 2.05) is 20.8 Å². The van der Waals surface area contributed by atoms with Gasteiger partial charge < -0.3 is 9.72 Å². The second-order valence-corrected chi connectivity index (χ2v) is 4.17. The lowest BCUT2D eigenvalue weighted by molar-refractivity contribution is 0.00636. The molecule has 13 heavy (non-hydrogen) atoms. The van der Waals surface area contributed by atoms with E-state index in [-0.39, 0.29) is 5.97 Å². The molecule has 0 atom stereocenters. The van der Waals surface area contributed by atoms with Crippen molar-refractivity contribution in [3.05, 3.63) is 23.0 Å². The van der Waals surface area contributed by atoms with Gasteiger partial charge in [-0.1, -0.05) is 11.6 Å². The van der Waals surface area contributed by atoms with Crippen LogP contribution >= 0.6 is 11.6 Å². The minimum atomic E-state index is -0.478. The van der Waals surface area contributed by atoms with Gasteiger partial charge in [-0.05, 0) is 26.8 Å². The van der Waals surface area contributed by atoms with Crippen LogP contribution in [-0.2, 0) is 4.74 Å². The van der Waals surface area contributed by atoms with Gasteiger partial charge in [-0.3, -0.25) is 0 Å². The number of rotatable bonds is 1. The van der Waals surface area contributed by atoms with E-state index in [0.29, 0.717) is 10.7 Å². The predicted molar refractivity (Wildman–Crippen MR) is 51.0 cm³/mol. The van der Waals surface area contributed by atoms with Crippen LogP contribution in [0, 0.1) is 0 Å². The summed E-state index contributed by atoms with van der Waals surface area (Å²) in [5, 5.41) is 0.501. The Morgan fingerprint density at radius 2 is 2.15 bits per heavy atom. The molecule has 4 heteroatoms. The van der Waals surface area contributed by atoms with Crippen molar-refractivity contribution in [1.29, 1.82) is 0 Å². The van der Waals surface area contributed by atoms with Crippen LogP contribution in [0.25, 0.3) is 0 Å². The van der Waals surface area contributed by atoms with Gasteiger partial charge in [-0.2, -0.15) is 0 Å². The molecule has 0 bridgehead atoms. The number of hydrogen-bond donors (Lipinski definition) is 1. The molecule has 3 nitrogen and oxygen atoms in total. The van der Waals surface area contributed by atoms with Crippen molar-refractivity contribution in [3.8, 4) is 0 Å². The van der Waals surface area contributed by atoms with Crippen LogP contribution in [0.15, 0.2) is 12.3 Å². The predicted octanol–water partition coefficient (Wildman–Crippen LogP) is 2.62. The van der Waals surface area contributed by atoms with Crippen LogP contribution in [0.5, 0.6) is 0 Å². The molecule has 0 fully saturated rings. The highest BCUT2D eigenvalue weighted by atomic mass is 35.5. The van der Waals surface area contributed by atoms with Crippen molar-refractivity contribution in [2.45, 2.75) is 26.4 Å². The summed E-state index contributed by atoms with van der Waals surface area (Å²) in [6, 6.07) is 1.54. The van der Waals surface area contributed by atoms with Crippen LogP contribution in [-0.4, -0.2) is 16.6 Å². The van der Waals surface area contributed by atoms with Crippen molar-refractivity contribution in [3.63, 3.8) is 0 Å². The summed E-state index contributed by atoms with van der Waals surface area (Å²) < 4.78 is 5.11. The minimum Gasteiger partial charge on any atom is -0.455 e. The summed E-state index contributed by atoms with van der Waals surface area (Å²) in [5.41, 5.74) is -0.103. The van der Waals surface area contributed by atoms with Gasteiger partial charge in [-0.25, -0.2) is 4.79 Å². The van der Waals surface area contributed by atoms with E-state index < -0.39 is 5.60 Å². The molecule has 1 N–H and O–H groups in total. The molecule has 1 rings (SSSR count). The Morgan fingerprint density at radius 3 is 2.54 bits per heavy atom. The van der Waals surface area contributed by atoms with E-state index in [1.54, 1.807) is 6.20 Å². The number of aromatic amines is 1. The molecule has 1 aromatic rings. The molecule has 0 radical (unpaired) electrons. The van der Waals surface area contributed by atoms with Crippen molar-refractivity contribution in [2.24, 2.45) is 0 Å². The molecule has 0 amide bonds. The van der Waals surface area contributed by atoms with Gasteiger partial charge in [0, 0.05) is 6.20 Å². The Bertz CT molecular complexity index is 312. The van der Waals surface area contributed by atoms with Crippen LogP contribution in [0.2, 0.25) is 5.02 Å². The maximum atomic E-state index is 11.4. The molecule has 1 heterocycles. The summed E-state index contributed by atoms with van der Waals surface area (Å²) in [5.74, 6) is -0.389. The Balaban J connectivity index is 2.70. The zero-order valence-electron chi connectivity index (χ0n) is 7.85. The van der Waals surface area contributed by atoms with Gasteiger partial charge >= 0.3 is 5.97 Å². The zero-order chi connectivity index (χ0) is 10.1. The van der Waals surface area contributed by atoms with E-state index >= 15 is 0 Å². The maximum Gasteiger partial charge on any atom is 0.355 e. The van der Waals surface area contributed by atoms with Crippen LogP contribution < -0.4 is 0 Å². The summed E-state index contributed by atoms with van der Waals surface area (Å²) in [7, 11) is 0. The molecule has 0 aliphatic heterocycles. The van der Waals surface area contributed by atoms with Gasteiger partial charge in [0.25, 0.3) is 0 Å². The molecule has 0 aromatic carbocycles. The van der Waals surface area contributed by atoms with Crippen molar-refractivity contribution in [2.75, 3.05) is 0 Å². The van der Waals surface area contributed by atoms with Gasteiger partial charge in [0.05, 0.1) is 5.02 Å². The molecule has 0 aliphatic rings. The Morgan fingerprint density at radius 1 is 1.54 bits per heavy atom. The lowest BCUT2D eigenvalue weighted by atomic mass is 10.2. The summed E-state index contributed by atoms with van der Waals surface area (Å²) >= 11 is 5.64. The van der Waals surface area contributed by atoms with E-state index in [1.165, 1.54) is 6.07 Å². The third-order valence-corrected chi connectivity index (χ3v) is 1.48. The first kappa shape index (κ1) is 10.1. The maximum absolute atomic E-state index is 11.4. The van der Waals surface area contributed by atoms with Crippen LogP contribution in [0.4, 0.5) is 0 Å². The Labute approximate surface area is 82.0 Å². The van der Waals surface area contributed by atoms with E-state index in [9.17, 15) is 4.79 Å². The average molecular weight is 202 g/mol. The second-order valence-electron chi connectivity index (χ2n) is 3.73. The first-order valence-electron chi connectivity index (χ1n) is 3.96. The SMILES string of the molecule is CC(C)(C)OC(=O)c1cc(Cl)c[nH]1. The van der Waals surface area contributed by atoms with Crippen molar-refractivity contribution >= 4 is 17.6 Å². The van der Waals surface area contributed by atoms with Crippen LogP contribution in [0.1, 0.15) is 31.3 Å².